The first kappa shape index (κ1) is 31.1. The van der Waals surface area contributed by atoms with E-state index in [0.717, 1.165) is 61.4 Å². The Bertz CT molecular complexity index is 2260. The molecule has 0 bridgehead atoms. The van der Waals surface area contributed by atoms with Gasteiger partial charge in [-0.25, -0.2) is 4.98 Å². The van der Waals surface area contributed by atoms with Gasteiger partial charge < -0.3 is 5.11 Å². The maximum atomic E-state index is 12.1. The van der Waals surface area contributed by atoms with Gasteiger partial charge in [-0.05, 0) is 63.9 Å². The van der Waals surface area contributed by atoms with Crippen LogP contribution in [0.2, 0.25) is 0 Å². The minimum Gasteiger partial charge on any atom is -0.507 e. The van der Waals surface area contributed by atoms with Gasteiger partial charge in [-0.1, -0.05) is 126 Å². The quantitative estimate of drug-likeness (QED) is 0.206. The molecule has 0 atom stereocenters. The van der Waals surface area contributed by atoms with Gasteiger partial charge in [0.25, 0.3) is 0 Å². The van der Waals surface area contributed by atoms with Crippen molar-refractivity contribution in [3.63, 3.8) is 0 Å². The smallest absolute Gasteiger partial charge is 0.149 e. The molecule has 7 rings (SSSR count). The molecular formula is C43H40N4O. The number of nitrogens with zero attached hydrogens (tertiary/aromatic N) is 4. The highest BCUT2D eigenvalue weighted by Gasteiger charge is 2.29. The molecular weight excluding hydrogens is 589 g/mol. The van der Waals surface area contributed by atoms with Crippen LogP contribution in [0.15, 0.2) is 128 Å². The van der Waals surface area contributed by atoms with E-state index < -0.39 is 0 Å². The average molecular weight is 629 g/mol. The number of hydrogen-bond donors (Lipinski definition) is 1. The van der Waals surface area contributed by atoms with Crippen LogP contribution in [0.4, 0.5) is 0 Å². The summed E-state index contributed by atoms with van der Waals surface area (Å²) in [6.45, 7) is 13.1. The van der Waals surface area contributed by atoms with Crippen molar-refractivity contribution in [2.45, 2.75) is 52.4 Å². The molecule has 5 heteroatoms. The molecule has 0 unspecified atom stereocenters. The number of imidazole rings is 1. The van der Waals surface area contributed by atoms with E-state index in [9.17, 15) is 5.11 Å². The fourth-order valence-corrected chi connectivity index (χ4v) is 6.40. The van der Waals surface area contributed by atoms with E-state index in [0.29, 0.717) is 11.4 Å². The second-order valence-electron chi connectivity index (χ2n) is 14.4. The lowest BCUT2D eigenvalue weighted by atomic mass is 9.79. The summed E-state index contributed by atoms with van der Waals surface area (Å²) >= 11 is 0. The molecule has 0 amide bonds. The van der Waals surface area contributed by atoms with Gasteiger partial charge in [0.05, 0.1) is 28.0 Å². The molecule has 5 nitrogen and oxygen atoms in total. The molecule has 0 saturated carbocycles. The zero-order valence-corrected chi connectivity index (χ0v) is 28.4. The van der Waals surface area contributed by atoms with Crippen LogP contribution in [0.25, 0.3) is 61.6 Å². The predicted molar refractivity (Wildman–Crippen MR) is 197 cm³/mol. The van der Waals surface area contributed by atoms with Gasteiger partial charge in [-0.3, -0.25) is 4.57 Å². The number of fused-ring (bicyclic) bond motifs is 1. The molecule has 7 aromatic rings. The number of aromatic nitrogens is 4. The molecule has 0 aliphatic carbocycles. The van der Waals surface area contributed by atoms with E-state index in [-0.39, 0.29) is 16.6 Å². The van der Waals surface area contributed by atoms with Crippen LogP contribution in [0.5, 0.6) is 5.75 Å². The summed E-state index contributed by atoms with van der Waals surface area (Å²) in [5, 5.41) is 20.6. The molecule has 0 radical (unpaired) electrons. The predicted octanol–water partition coefficient (Wildman–Crippen LogP) is 10.8. The topological polar surface area (TPSA) is 63.8 Å². The van der Waals surface area contributed by atoms with Crippen molar-refractivity contribution < 1.29 is 5.11 Å². The maximum absolute atomic E-state index is 12.1. The van der Waals surface area contributed by atoms with Crippen LogP contribution < -0.4 is 0 Å². The largest absolute Gasteiger partial charge is 0.507 e. The number of aromatic hydroxyl groups is 1. The molecule has 2 heterocycles. The minimum atomic E-state index is -0.287. The van der Waals surface area contributed by atoms with Crippen LogP contribution in [-0.4, -0.2) is 24.9 Å². The summed E-state index contributed by atoms with van der Waals surface area (Å²) in [6, 6.07) is 41.7. The summed E-state index contributed by atoms with van der Waals surface area (Å²) in [4.78, 5) is 5.45. The Morgan fingerprint density at radius 1 is 0.583 bits per heavy atom. The summed E-state index contributed by atoms with van der Waals surface area (Å²) in [6.07, 6.45) is 1.69. The third-order valence-corrected chi connectivity index (χ3v) is 8.98. The van der Waals surface area contributed by atoms with Crippen molar-refractivity contribution in [3.05, 3.63) is 139 Å². The molecule has 2 aromatic heterocycles. The monoisotopic (exact) mass is 628 g/mol. The number of hydrogen-bond acceptors (Lipinski definition) is 4. The molecule has 0 aliphatic heterocycles. The first-order valence-corrected chi connectivity index (χ1v) is 16.4. The normalized spacial score (nSPS) is 12.0. The second kappa shape index (κ2) is 11.9. The highest BCUT2D eigenvalue weighted by molar-refractivity contribution is 5.97. The zero-order chi connectivity index (χ0) is 33.6. The second-order valence-corrected chi connectivity index (χ2v) is 14.4. The molecule has 0 fully saturated rings. The Hall–Kier alpha value is -5.55. The summed E-state index contributed by atoms with van der Waals surface area (Å²) < 4.78 is 2.22. The standard InChI is InChI=1S/C43H40N4O/c1-42(2,3)31-26-34(40(48)35(27-31)43(4,5)6)41-45-39-33(29-17-12-18-30(25-29)36-21-14-24-44-46-36)20-13-23-38(39)47(41)37-22-11-10-19-32(37)28-15-8-7-9-16-28/h7-27,48H,1-6H3. The highest BCUT2D eigenvalue weighted by atomic mass is 16.3. The van der Waals surface area contributed by atoms with Crippen molar-refractivity contribution in [3.8, 4) is 56.3 Å². The van der Waals surface area contributed by atoms with Gasteiger partial charge in [0.15, 0.2) is 0 Å². The zero-order valence-electron chi connectivity index (χ0n) is 28.4. The van der Waals surface area contributed by atoms with Crippen LogP contribution in [0, 0.1) is 0 Å². The van der Waals surface area contributed by atoms with Gasteiger partial charge in [-0.15, -0.1) is 0 Å². The highest BCUT2D eigenvalue weighted by Crippen LogP contribution is 2.45. The van der Waals surface area contributed by atoms with E-state index in [1.165, 1.54) is 0 Å². The number of benzene rings is 5. The van der Waals surface area contributed by atoms with Crippen LogP contribution >= 0.6 is 0 Å². The minimum absolute atomic E-state index is 0.146. The van der Waals surface area contributed by atoms with E-state index in [1.54, 1.807) is 6.20 Å². The Labute approximate surface area is 282 Å². The van der Waals surface area contributed by atoms with E-state index in [2.05, 4.69) is 159 Å². The molecule has 48 heavy (non-hydrogen) atoms. The van der Waals surface area contributed by atoms with Crippen LogP contribution in [-0.2, 0) is 10.8 Å². The fourth-order valence-electron chi connectivity index (χ4n) is 6.40. The lowest BCUT2D eigenvalue weighted by molar-refractivity contribution is 0.446. The first-order valence-electron chi connectivity index (χ1n) is 16.4. The number of rotatable bonds is 5. The van der Waals surface area contributed by atoms with Crippen molar-refractivity contribution in [1.29, 1.82) is 0 Å². The summed E-state index contributed by atoms with van der Waals surface area (Å²) in [7, 11) is 0. The Morgan fingerprint density at radius 3 is 2.00 bits per heavy atom. The molecule has 5 aromatic carbocycles. The fraction of sp³-hybridized carbons (Fsp3) is 0.186. The van der Waals surface area contributed by atoms with Crippen LogP contribution in [0.1, 0.15) is 52.7 Å². The molecule has 1 N–H and O–H groups in total. The van der Waals surface area contributed by atoms with Crippen molar-refractivity contribution in [1.82, 2.24) is 19.7 Å². The van der Waals surface area contributed by atoms with Gasteiger partial charge in [0, 0.05) is 28.5 Å². The van der Waals surface area contributed by atoms with Crippen LogP contribution in [0.3, 0.4) is 0 Å². The van der Waals surface area contributed by atoms with Gasteiger partial charge in [0.1, 0.15) is 11.6 Å². The number of phenols is 1. The first-order chi connectivity index (χ1) is 23.0. The third-order valence-electron chi connectivity index (χ3n) is 8.98. The van der Waals surface area contributed by atoms with Gasteiger partial charge >= 0.3 is 0 Å². The van der Waals surface area contributed by atoms with Crippen molar-refractivity contribution in [2.24, 2.45) is 0 Å². The molecule has 0 aliphatic rings. The summed E-state index contributed by atoms with van der Waals surface area (Å²) in [5.41, 5.74) is 11.1. The SMILES string of the molecule is CC(C)(C)c1cc(-c2nc3c(-c4cccc(-c5cccnn5)c4)cccc3n2-c2ccccc2-c2ccccc2)c(O)c(C(C)(C)C)c1. The Balaban J connectivity index is 1.57. The van der Waals surface area contributed by atoms with Crippen molar-refractivity contribution >= 4 is 11.0 Å². The van der Waals surface area contributed by atoms with E-state index >= 15 is 0 Å². The number of phenolic OH excluding ortho intramolecular Hbond substituents is 1. The lowest BCUT2D eigenvalue weighted by Crippen LogP contribution is -2.17. The lowest BCUT2D eigenvalue weighted by Gasteiger charge is -2.27. The van der Waals surface area contributed by atoms with E-state index in [4.69, 9.17) is 4.98 Å². The maximum Gasteiger partial charge on any atom is 0.149 e. The molecule has 0 saturated heterocycles. The Morgan fingerprint density at radius 2 is 1.27 bits per heavy atom. The van der Waals surface area contributed by atoms with E-state index in [1.807, 2.05) is 18.2 Å². The summed E-state index contributed by atoms with van der Waals surface area (Å²) in [5.74, 6) is 0.954. The van der Waals surface area contributed by atoms with Crippen molar-refractivity contribution in [2.75, 3.05) is 0 Å². The third kappa shape index (κ3) is 5.66. The molecule has 238 valence electrons. The van der Waals surface area contributed by atoms with Gasteiger partial charge in [-0.2, -0.15) is 10.2 Å². The van der Waals surface area contributed by atoms with Gasteiger partial charge in [0.2, 0.25) is 0 Å². The molecule has 0 spiro atoms. The average Bonchev–Trinajstić information content (AvgIpc) is 3.47. The Kier molecular flexibility index (Phi) is 7.71. The number of para-hydroxylation sites is 2.